The third kappa shape index (κ3) is 3.52. The lowest BCUT2D eigenvalue weighted by Gasteiger charge is -2.30. The van der Waals surface area contributed by atoms with E-state index in [4.69, 9.17) is 5.11 Å². The van der Waals surface area contributed by atoms with E-state index in [0.717, 1.165) is 13.0 Å². The van der Waals surface area contributed by atoms with E-state index in [9.17, 15) is 9.59 Å². The second-order valence-electron chi connectivity index (χ2n) is 4.36. The number of carboxylic acids is 1. The molecule has 18 heavy (non-hydrogen) atoms. The largest absolute Gasteiger partial charge is 0.480 e. The molecule has 2 atom stereocenters. The molecule has 6 nitrogen and oxygen atoms in total. The summed E-state index contributed by atoms with van der Waals surface area (Å²) in [7, 11) is 3.58. The van der Waals surface area contributed by atoms with Crippen LogP contribution in [0.4, 0.5) is 4.79 Å². The number of amides is 2. The number of nitrogens with zero attached hydrogens (tertiary/aromatic N) is 2. The van der Waals surface area contributed by atoms with Crippen LogP contribution in [0.15, 0.2) is 0 Å². The minimum absolute atomic E-state index is 0.0784. The van der Waals surface area contributed by atoms with Crippen LogP contribution in [0.2, 0.25) is 0 Å². The molecule has 104 valence electrons. The first kappa shape index (κ1) is 15.1. The van der Waals surface area contributed by atoms with Gasteiger partial charge in [0.2, 0.25) is 0 Å². The molecule has 1 aliphatic heterocycles. The lowest BCUT2D eigenvalue weighted by atomic mass is 10.3. The van der Waals surface area contributed by atoms with Crippen molar-refractivity contribution in [2.24, 2.45) is 0 Å². The Balaban J connectivity index is 2.60. The summed E-state index contributed by atoms with van der Waals surface area (Å²) in [6.45, 7) is 3.33. The highest BCUT2D eigenvalue weighted by Gasteiger charge is 2.40. The van der Waals surface area contributed by atoms with Gasteiger partial charge in [0.05, 0.1) is 5.37 Å². The van der Waals surface area contributed by atoms with E-state index in [1.807, 2.05) is 14.0 Å². The maximum Gasteiger partial charge on any atom is 0.327 e. The van der Waals surface area contributed by atoms with Crippen LogP contribution in [0.25, 0.3) is 0 Å². The SMILES string of the molecule is CNCCCN(C)C(=O)N1C(C)SCC1C(=O)O. The molecule has 1 fully saturated rings. The molecule has 0 bridgehead atoms. The normalized spacial score (nSPS) is 23.2. The van der Waals surface area contributed by atoms with Gasteiger partial charge >= 0.3 is 12.0 Å². The average Bonchev–Trinajstić information content (AvgIpc) is 2.70. The van der Waals surface area contributed by atoms with Gasteiger partial charge in [-0.25, -0.2) is 9.59 Å². The number of nitrogens with one attached hydrogen (secondary N) is 1. The van der Waals surface area contributed by atoms with Crippen LogP contribution in [-0.4, -0.2) is 71.3 Å². The fourth-order valence-corrected chi connectivity index (χ4v) is 3.07. The Hall–Kier alpha value is -0.950. The van der Waals surface area contributed by atoms with Gasteiger partial charge in [0.15, 0.2) is 0 Å². The fraction of sp³-hybridized carbons (Fsp3) is 0.818. The minimum Gasteiger partial charge on any atom is -0.480 e. The number of hydrogen-bond donors (Lipinski definition) is 2. The van der Waals surface area contributed by atoms with Crippen molar-refractivity contribution >= 4 is 23.8 Å². The number of hydrogen-bond acceptors (Lipinski definition) is 4. The van der Waals surface area contributed by atoms with Gasteiger partial charge in [-0.2, -0.15) is 0 Å². The van der Waals surface area contributed by atoms with Crippen molar-refractivity contribution in [3.63, 3.8) is 0 Å². The Morgan fingerprint density at radius 1 is 1.56 bits per heavy atom. The summed E-state index contributed by atoms with van der Waals surface area (Å²) in [5, 5.41) is 12.0. The molecule has 1 aliphatic rings. The molecule has 1 rings (SSSR count). The van der Waals surface area contributed by atoms with Crippen molar-refractivity contribution in [3.05, 3.63) is 0 Å². The van der Waals surface area contributed by atoms with Crippen LogP contribution in [0.5, 0.6) is 0 Å². The monoisotopic (exact) mass is 275 g/mol. The number of carboxylic acid groups (broad SMARTS) is 1. The fourth-order valence-electron chi connectivity index (χ4n) is 1.91. The topological polar surface area (TPSA) is 72.9 Å². The van der Waals surface area contributed by atoms with Crippen LogP contribution >= 0.6 is 11.8 Å². The van der Waals surface area contributed by atoms with Crippen molar-refractivity contribution in [2.75, 3.05) is 32.9 Å². The first-order valence-corrected chi connectivity index (χ1v) is 7.06. The first-order chi connectivity index (χ1) is 8.49. The van der Waals surface area contributed by atoms with Crippen molar-refractivity contribution in [2.45, 2.75) is 24.8 Å². The summed E-state index contributed by atoms with van der Waals surface area (Å²) in [5.74, 6) is -0.462. The molecule has 0 saturated carbocycles. The molecular weight excluding hydrogens is 254 g/mol. The predicted molar refractivity (Wildman–Crippen MR) is 71.8 cm³/mol. The number of rotatable bonds is 5. The summed E-state index contributed by atoms with van der Waals surface area (Å²) in [6.07, 6.45) is 0.853. The highest BCUT2D eigenvalue weighted by atomic mass is 32.2. The Morgan fingerprint density at radius 3 is 2.78 bits per heavy atom. The molecule has 0 aliphatic carbocycles. The third-order valence-electron chi connectivity index (χ3n) is 2.98. The maximum absolute atomic E-state index is 12.2. The molecule has 2 unspecified atom stereocenters. The number of urea groups is 1. The Bertz CT molecular complexity index is 314. The van der Waals surface area contributed by atoms with E-state index >= 15 is 0 Å². The van der Waals surface area contributed by atoms with Gasteiger partial charge in [-0.1, -0.05) is 0 Å². The van der Waals surface area contributed by atoms with Gasteiger partial charge < -0.3 is 15.3 Å². The molecule has 0 radical (unpaired) electrons. The van der Waals surface area contributed by atoms with E-state index in [-0.39, 0.29) is 11.4 Å². The van der Waals surface area contributed by atoms with Gasteiger partial charge in [0.25, 0.3) is 0 Å². The molecule has 2 N–H and O–H groups in total. The number of aliphatic carboxylic acids is 1. The molecule has 0 aromatic heterocycles. The Kier molecular flexibility index (Phi) is 5.74. The number of thioether (sulfide) groups is 1. The van der Waals surface area contributed by atoms with E-state index in [1.54, 1.807) is 11.9 Å². The Morgan fingerprint density at radius 2 is 2.22 bits per heavy atom. The zero-order chi connectivity index (χ0) is 13.7. The molecule has 2 amide bonds. The predicted octanol–water partition coefficient (Wildman–Crippen LogP) is 0.496. The summed E-state index contributed by atoms with van der Waals surface area (Å²) in [5.41, 5.74) is 0. The zero-order valence-electron chi connectivity index (χ0n) is 11.0. The van der Waals surface area contributed by atoms with Crippen LogP contribution < -0.4 is 5.32 Å². The average molecular weight is 275 g/mol. The molecular formula is C11H21N3O3S. The summed E-state index contributed by atoms with van der Waals surface area (Å²) in [6, 6.07) is -0.903. The summed E-state index contributed by atoms with van der Waals surface area (Å²) in [4.78, 5) is 26.4. The van der Waals surface area contributed by atoms with Gasteiger partial charge in [0, 0.05) is 19.3 Å². The number of carbonyl (C=O) groups is 2. The molecule has 1 heterocycles. The van der Waals surface area contributed by atoms with Gasteiger partial charge in [-0.3, -0.25) is 4.90 Å². The maximum atomic E-state index is 12.2. The van der Waals surface area contributed by atoms with Gasteiger partial charge in [-0.05, 0) is 26.9 Å². The molecule has 7 heteroatoms. The third-order valence-corrected chi connectivity index (χ3v) is 4.19. The lowest BCUT2D eigenvalue weighted by molar-refractivity contribution is -0.141. The summed E-state index contributed by atoms with van der Waals surface area (Å²) >= 11 is 1.50. The van der Waals surface area contributed by atoms with Crippen LogP contribution in [0, 0.1) is 0 Å². The molecule has 1 saturated heterocycles. The van der Waals surface area contributed by atoms with Gasteiger partial charge in [0.1, 0.15) is 6.04 Å². The van der Waals surface area contributed by atoms with E-state index in [2.05, 4.69) is 5.32 Å². The lowest BCUT2D eigenvalue weighted by Crippen LogP contribution is -2.50. The van der Waals surface area contributed by atoms with Crippen molar-refractivity contribution in [1.29, 1.82) is 0 Å². The molecule has 0 aromatic carbocycles. The van der Waals surface area contributed by atoms with Crippen LogP contribution in [0.3, 0.4) is 0 Å². The standard InChI is InChI=1S/C11H21N3O3S/c1-8-14(9(7-18-8)10(15)16)11(17)13(3)6-4-5-12-2/h8-9,12H,4-7H2,1-3H3,(H,15,16). The van der Waals surface area contributed by atoms with E-state index in [0.29, 0.717) is 12.3 Å². The highest BCUT2D eigenvalue weighted by molar-refractivity contribution is 8.00. The quantitative estimate of drug-likeness (QED) is 0.715. The van der Waals surface area contributed by atoms with Crippen molar-refractivity contribution in [1.82, 2.24) is 15.1 Å². The van der Waals surface area contributed by atoms with Crippen molar-refractivity contribution in [3.8, 4) is 0 Å². The zero-order valence-corrected chi connectivity index (χ0v) is 11.9. The minimum atomic E-state index is -0.927. The first-order valence-electron chi connectivity index (χ1n) is 6.01. The Labute approximate surface area is 112 Å². The van der Waals surface area contributed by atoms with Crippen molar-refractivity contribution < 1.29 is 14.7 Å². The van der Waals surface area contributed by atoms with E-state index in [1.165, 1.54) is 16.7 Å². The molecule has 0 aromatic rings. The second kappa shape index (κ2) is 6.84. The second-order valence-corrected chi connectivity index (χ2v) is 5.70. The highest BCUT2D eigenvalue weighted by Crippen LogP contribution is 2.29. The smallest absolute Gasteiger partial charge is 0.327 e. The summed E-state index contributed by atoms with van der Waals surface area (Å²) < 4.78 is 0. The number of carbonyl (C=O) groups excluding carboxylic acids is 1. The molecule has 0 spiro atoms. The van der Waals surface area contributed by atoms with E-state index < -0.39 is 12.0 Å². The van der Waals surface area contributed by atoms with Crippen LogP contribution in [0.1, 0.15) is 13.3 Å². The van der Waals surface area contributed by atoms with Gasteiger partial charge in [-0.15, -0.1) is 11.8 Å². The van der Waals surface area contributed by atoms with Crippen LogP contribution in [-0.2, 0) is 4.79 Å².